The second-order valence-corrected chi connectivity index (χ2v) is 6.12. The minimum atomic E-state index is 0.237. The van der Waals surface area contributed by atoms with Crippen LogP contribution in [0.1, 0.15) is 47.3 Å². The Morgan fingerprint density at radius 2 is 1.68 bits per heavy atom. The number of rotatable bonds is 6. The first kappa shape index (κ1) is 15.9. The van der Waals surface area contributed by atoms with Gasteiger partial charge in [-0.1, -0.05) is 31.5 Å². The summed E-state index contributed by atoms with van der Waals surface area (Å²) in [6.07, 6.45) is 1.13. The molecule has 1 rings (SSSR count). The first-order valence-electron chi connectivity index (χ1n) is 7.10. The molecule has 0 unspecified atom stereocenters. The van der Waals surface area contributed by atoms with Crippen LogP contribution in [-0.2, 0) is 0 Å². The largest absolute Gasteiger partial charge is 0.299 e. The van der Waals surface area contributed by atoms with E-state index in [0.29, 0.717) is 12.5 Å². The predicted molar refractivity (Wildman–Crippen MR) is 81.9 cm³/mol. The Kier molecular flexibility index (Phi) is 5.74. The van der Waals surface area contributed by atoms with Crippen molar-refractivity contribution in [2.45, 2.75) is 41.0 Å². The number of benzene rings is 1. The van der Waals surface area contributed by atoms with Crippen molar-refractivity contribution in [3.05, 3.63) is 34.4 Å². The van der Waals surface area contributed by atoms with Crippen molar-refractivity contribution in [1.29, 1.82) is 0 Å². The molecule has 0 aliphatic rings. The van der Waals surface area contributed by atoms with E-state index in [1.54, 1.807) is 0 Å². The molecule has 0 fully saturated rings. The average molecular weight is 261 g/mol. The van der Waals surface area contributed by atoms with Crippen molar-refractivity contribution in [3.8, 4) is 0 Å². The highest BCUT2D eigenvalue weighted by Gasteiger charge is 2.14. The van der Waals surface area contributed by atoms with Crippen LogP contribution < -0.4 is 0 Å². The van der Waals surface area contributed by atoms with Gasteiger partial charge in [0.25, 0.3) is 0 Å². The Morgan fingerprint density at radius 3 is 2.16 bits per heavy atom. The van der Waals surface area contributed by atoms with Gasteiger partial charge in [0.05, 0.1) is 6.54 Å². The number of ketones is 1. The van der Waals surface area contributed by atoms with Crippen molar-refractivity contribution in [3.63, 3.8) is 0 Å². The van der Waals surface area contributed by atoms with Crippen molar-refractivity contribution in [1.82, 2.24) is 4.90 Å². The molecule has 0 radical (unpaired) electrons. The molecule has 0 bridgehead atoms. The summed E-state index contributed by atoms with van der Waals surface area (Å²) in [6, 6.07) is 4.18. The third kappa shape index (κ3) is 4.79. The van der Waals surface area contributed by atoms with Gasteiger partial charge in [-0.05, 0) is 57.8 Å². The van der Waals surface area contributed by atoms with E-state index < -0.39 is 0 Å². The van der Waals surface area contributed by atoms with Crippen molar-refractivity contribution in [2.75, 3.05) is 20.1 Å². The lowest BCUT2D eigenvalue weighted by Gasteiger charge is -2.18. The van der Waals surface area contributed by atoms with Gasteiger partial charge >= 0.3 is 0 Å². The van der Waals surface area contributed by atoms with E-state index in [-0.39, 0.29) is 5.78 Å². The van der Waals surface area contributed by atoms with Crippen molar-refractivity contribution < 1.29 is 4.79 Å². The summed E-state index contributed by atoms with van der Waals surface area (Å²) >= 11 is 0. The zero-order valence-electron chi connectivity index (χ0n) is 13.2. The van der Waals surface area contributed by atoms with Crippen LogP contribution in [0.25, 0.3) is 0 Å². The molecule has 0 saturated heterocycles. The number of likely N-dealkylation sites (N-methyl/N-ethyl adjacent to an activating group) is 1. The second-order valence-electron chi connectivity index (χ2n) is 6.12. The molecule has 0 atom stereocenters. The lowest BCUT2D eigenvalue weighted by Crippen LogP contribution is -2.28. The maximum Gasteiger partial charge on any atom is 0.177 e. The Balaban J connectivity index is 2.73. The summed E-state index contributed by atoms with van der Waals surface area (Å²) in [5.74, 6) is 0.918. The van der Waals surface area contributed by atoms with Crippen molar-refractivity contribution >= 4 is 5.78 Å². The molecule has 19 heavy (non-hydrogen) atoms. The molecule has 0 aliphatic carbocycles. The Morgan fingerprint density at radius 1 is 1.16 bits per heavy atom. The maximum atomic E-state index is 12.4. The number of nitrogens with zero attached hydrogens (tertiary/aromatic N) is 1. The summed E-state index contributed by atoms with van der Waals surface area (Å²) in [7, 11) is 2.03. The summed E-state index contributed by atoms with van der Waals surface area (Å²) < 4.78 is 0. The average Bonchev–Trinajstić information content (AvgIpc) is 2.24. The van der Waals surface area contributed by atoms with E-state index in [2.05, 4.69) is 37.8 Å². The number of hydrogen-bond acceptors (Lipinski definition) is 2. The van der Waals surface area contributed by atoms with Gasteiger partial charge in [-0.25, -0.2) is 0 Å². The molecule has 1 aromatic rings. The fourth-order valence-corrected chi connectivity index (χ4v) is 2.50. The van der Waals surface area contributed by atoms with Gasteiger partial charge in [-0.3, -0.25) is 9.69 Å². The third-order valence-corrected chi connectivity index (χ3v) is 3.46. The van der Waals surface area contributed by atoms with Crippen LogP contribution in [0.5, 0.6) is 0 Å². The van der Waals surface area contributed by atoms with Crippen LogP contribution in [0.15, 0.2) is 12.1 Å². The molecule has 0 spiro atoms. The van der Waals surface area contributed by atoms with Gasteiger partial charge in [0.15, 0.2) is 5.78 Å². The van der Waals surface area contributed by atoms with Crippen LogP contribution in [0.4, 0.5) is 0 Å². The molecule has 2 heteroatoms. The van der Waals surface area contributed by atoms with Gasteiger partial charge in [0.1, 0.15) is 0 Å². The first-order valence-corrected chi connectivity index (χ1v) is 7.10. The van der Waals surface area contributed by atoms with Crippen LogP contribution >= 0.6 is 0 Å². The summed E-state index contributed by atoms with van der Waals surface area (Å²) in [4.78, 5) is 14.5. The SMILES string of the molecule is Cc1cc(C)c(C(=O)CN(C)CCC(C)C)c(C)c1. The van der Waals surface area contributed by atoms with Crippen LogP contribution in [-0.4, -0.2) is 30.8 Å². The summed E-state index contributed by atoms with van der Waals surface area (Å²) in [6.45, 7) is 12.0. The molecule has 0 heterocycles. The van der Waals surface area contributed by atoms with E-state index in [0.717, 1.165) is 29.7 Å². The molecule has 1 aromatic carbocycles. The normalized spacial score (nSPS) is 11.4. The zero-order chi connectivity index (χ0) is 14.6. The Labute approximate surface area is 117 Å². The van der Waals surface area contributed by atoms with Gasteiger partial charge in [-0.15, -0.1) is 0 Å². The van der Waals surface area contributed by atoms with E-state index >= 15 is 0 Å². The van der Waals surface area contributed by atoms with Gasteiger partial charge in [0, 0.05) is 5.56 Å². The molecule has 0 aromatic heterocycles. The third-order valence-electron chi connectivity index (χ3n) is 3.46. The lowest BCUT2D eigenvalue weighted by molar-refractivity contribution is 0.0942. The first-order chi connectivity index (χ1) is 8.81. The summed E-state index contributed by atoms with van der Waals surface area (Å²) in [5, 5.41) is 0. The van der Waals surface area contributed by atoms with Crippen molar-refractivity contribution in [2.24, 2.45) is 5.92 Å². The minimum Gasteiger partial charge on any atom is -0.299 e. The molecule has 106 valence electrons. The fraction of sp³-hybridized carbons (Fsp3) is 0.588. The van der Waals surface area contributed by atoms with Crippen LogP contribution in [0.3, 0.4) is 0 Å². The Hall–Kier alpha value is -1.15. The maximum absolute atomic E-state index is 12.4. The van der Waals surface area contributed by atoms with E-state index in [1.165, 1.54) is 5.56 Å². The van der Waals surface area contributed by atoms with Crippen LogP contribution in [0.2, 0.25) is 0 Å². The fourth-order valence-electron chi connectivity index (χ4n) is 2.50. The number of hydrogen-bond donors (Lipinski definition) is 0. The lowest BCUT2D eigenvalue weighted by atomic mass is 9.96. The minimum absolute atomic E-state index is 0.237. The molecule has 0 amide bonds. The molecule has 0 N–H and O–H groups in total. The van der Waals surface area contributed by atoms with Gasteiger partial charge in [0.2, 0.25) is 0 Å². The van der Waals surface area contributed by atoms with E-state index in [9.17, 15) is 4.79 Å². The molecule has 0 saturated carbocycles. The highest BCUT2D eigenvalue weighted by atomic mass is 16.1. The standard InChI is InChI=1S/C17H27NO/c1-12(2)7-8-18(6)11-16(19)17-14(4)9-13(3)10-15(17)5/h9-10,12H,7-8,11H2,1-6H3. The molecular weight excluding hydrogens is 234 g/mol. The Bertz CT molecular complexity index is 426. The molecule has 0 aliphatic heterocycles. The quantitative estimate of drug-likeness (QED) is 0.726. The number of Topliss-reactive ketones (excluding diaryl/α,β-unsaturated/α-hetero) is 1. The van der Waals surface area contributed by atoms with Crippen LogP contribution in [0, 0.1) is 26.7 Å². The molecule has 2 nitrogen and oxygen atoms in total. The molecular formula is C17H27NO. The zero-order valence-corrected chi connectivity index (χ0v) is 13.2. The van der Waals surface area contributed by atoms with E-state index in [1.807, 2.05) is 20.9 Å². The highest BCUT2D eigenvalue weighted by Crippen LogP contribution is 2.17. The summed E-state index contributed by atoms with van der Waals surface area (Å²) in [5.41, 5.74) is 4.32. The van der Waals surface area contributed by atoms with E-state index in [4.69, 9.17) is 0 Å². The van der Waals surface area contributed by atoms with Gasteiger partial charge < -0.3 is 0 Å². The topological polar surface area (TPSA) is 20.3 Å². The number of aryl methyl sites for hydroxylation is 3. The number of carbonyl (C=O) groups excluding carboxylic acids is 1. The smallest absolute Gasteiger partial charge is 0.177 e. The predicted octanol–water partition coefficient (Wildman–Crippen LogP) is 3.77. The second kappa shape index (κ2) is 6.85. The number of carbonyl (C=O) groups is 1. The van der Waals surface area contributed by atoms with Gasteiger partial charge in [-0.2, -0.15) is 0 Å². The highest BCUT2D eigenvalue weighted by molar-refractivity contribution is 6.00. The monoisotopic (exact) mass is 261 g/mol.